The van der Waals surface area contributed by atoms with E-state index in [9.17, 15) is 19.8 Å². The normalized spacial score (nSPS) is 40.1. The van der Waals surface area contributed by atoms with Crippen LogP contribution in [0.25, 0.3) is 0 Å². The molecule has 9 atom stereocenters. The highest BCUT2D eigenvalue weighted by molar-refractivity contribution is 6.01. The van der Waals surface area contributed by atoms with Gasteiger partial charge < -0.3 is 25.4 Å². The molecule has 4 N–H and O–H groups in total. The van der Waals surface area contributed by atoms with Gasteiger partial charge in [-0.05, 0) is 79.4 Å². The molecule has 0 amide bonds. The van der Waals surface area contributed by atoms with Crippen molar-refractivity contribution in [2.75, 3.05) is 12.3 Å². The average molecular weight is 570 g/mol. The number of ether oxygens (including phenoxy) is 2. The standard InChI is InChI=1S/C35H39NO6/c1-33-13-12-25(38)16-23(33)10-11-26-27-17-30-35(29(40)19-37,34(27,2)18-28(39)31(26)33)42-32(41-30)22-8-6-20(7-9-22)14-21-4-3-5-24(36)15-21/h3-9,12-13,15-16,26-28,30-32,37,39H,10-11,14,17-19,36H2,1-2H3/t26-,27-,28-,30+,31+,32?,33-,34-,35+/m0/s1. The minimum Gasteiger partial charge on any atom is -0.399 e. The first-order chi connectivity index (χ1) is 20.1. The van der Waals surface area contributed by atoms with Crippen LogP contribution in [0.5, 0.6) is 0 Å². The highest BCUT2D eigenvalue weighted by Gasteiger charge is 2.75. The van der Waals surface area contributed by atoms with Crippen LogP contribution < -0.4 is 5.73 Å². The number of aliphatic hydroxyl groups excluding tert-OH is 2. The number of nitrogens with two attached hydrogens (primary N) is 1. The zero-order chi connectivity index (χ0) is 29.4. The van der Waals surface area contributed by atoms with Crippen molar-refractivity contribution in [1.29, 1.82) is 0 Å². The molecule has 4 aliphatic carbocycles. The van der Waals surface area contributed by atoms with E-state index in [1.165, 1.54) is 0 Å². The second-order valence-corrected chi connectivity index (χ2v) is 13.5. The monoisotopic (exact) mass is 569 g/mol. The fourth-order valence-electron chi connectivity index (χ4n) is 9.57. The summed E-state index contributed by atoms with van der Waals surface area (Å²) in [5, 5.41) is 22.0. The molecule has 0 radical (unpaired) electrons. The van der Waals surface area contributed by atoms with Gasteiger partial charge >= 0.3 is 0 Å². The Hall–Kier alpha value is -3.10. The lowest BCUT2D eigenvalue weighted by atomic mass is 9.46. The number of carbonyl (C=O) groups is 2. The highest BCUT2D eigenvalue weighted by Crippen LogP contribution is 2.70. The highest BCUT2D eigenvalue weighted by atomic mass is 16.7. The van der Waals surface area contributed by atoms with Crippen LogP contribution in [-0.4, -0.2) is 46.2 Å². The summed E-state index contributed by atoms with van der Waals surface area (Å²) < 4.78 is 13.3. The molecule has 4 fully saturated rings. The molecule has 7 heteroatoms. The zero-order valence-corrected chi connectivity index (χ0v) is 24.2. The smallest absolute Gasteiger partial charge is 0.193 e. The van der Waals surface area contributed by atoms with E-state index in [0.29, 0.717) is 12.8 Å². The van der Waals surface area contributed by atoms with Crippen LogP contribution in [0.3, 0.4) is 0 Å². The van der Waals surface area contributed by atoms with Crippen molar-refractivity contribution in [2.24, 2.45) is 28.6 Å². The van der Waals surface area contributed by atoms with Gasteiger partial charge in [0.1, 0.15) is 6.61 Å². The van der Waals surface area contributed by atoms with Crippen LogP contribution in [0.2, 0.25) is 0 Å². The van der Waals surface area contributed by atoms with Gasteiger partial charge in [0.15, 0.2) is 23.5 Å². The first kappa shape index (κ1) is 27.7. The lowest BCUT2D eigenvalue weighted by Crippen LogP contribution is -2.63. The SMILES string of the molecule is C[C@]12C=CC(=O)C=C1CC[C@@H]1[C@@H]2[C@@H](O)C[C@@]2(C)[C@H]1C[C@H]1OC(c3ccc(Cc4cccc(N)c4)cc3)O[C@]12C(=O)CO. The Balaban J connectivity index is 1.18. The lowest BCUT2D eigenvalue weighted by molar-refractivity contribution is -0.201. The summed E-state index contributed by atoms with van der Waals surface area (Å²) in [4.78, 5) is 25.9. The molecule has 0 aromatic heterocycles. The van der Waals surface area contributed by atoms with Crippen LogP contribution >= 0.6 is 0 Å². The summed E-state index contributed by atoms with van der Waals surface area (Å²) in [7, 11) is 0. The van der Waals surface area contributed by atoms with Gasteiger partial charge in [-0.3, -0.25) is 9.59 Å². The van der Waals surface area contributed by atoms with Gasteiger partial charge in [0.25, 0.3) is 0 Å². The van der Waals surface area contributed by atoms with Gasteiger partial charge in [0, 0.05) is 28.0 Å². The maximum absolute atomic E-state index is 13.7. The second kappa shape index (κ2) is 9.71. The molecule has 1 saturated heterocycles. The fraction of sp³-hybridized carbons (Fsp3) is 0.486. The maximum Gasteiger partial charge on any atom is 0.193 e. The number of hydrogen-bond acceptors (Lipinski definition) is 7. The van der Waals surface area contributed by atoms with E-state index in [1.54, 1.807) is 12.2 Å². The molecule has 3 saturated carbocycles. The van der Waals surface area contributed by atoms with Gasteiger partial charge in [0.05, 0.1) is 12.2 Å². The van der Waals surface area contributed by atoms with Crippen LogP contribution in [-0.2, 0) is 25.5 Å². The molecule has 1 unspecified atom stereocenters. The first-order valence-electron chi connectivity index (χ1n) is 15.1. The number of fused-ring (bicyclic) bond motifs is 7. The number of nitrogen functional groups attached to an aromatic ring is 1. The minimum atomic E-state index is -1.35. The van der Waals surface area contributed by atoms with Gasteiger partial charge in [0.2, 0.25) is 0 Å². The number of anilines is 1. The molecule has 0 spiro atoms. The molecule has 1 heterocycles. The van der Waals surface area contributed by atoms with Crippen LogP contribution in [0.15, 0.2) is 72.3 Å². The molecule has 42 heavy (non-hydrogen) atoms. The van der Waals surface area contributed by atoms with Crippen molar-refractivity contribution in [3.63, 3.8) is 0 Å². The molecule has 7 nitrogen and oxygen atoms in total. The molecule has 2 aromatic carbocycles. The Morgan fingerprint density at radius 1 is 1.12 bits per heavy atom. The van der Waals surface area contributed by atoms with E-state index in [4.69, 9.17) is 15.2 Å². The second-order valence-electron chi connectivity index (χ2n) is 13.5. The third kappa shape index (κ3) is 3.87. The minimum absolute atomic E-state index is 0.00425. The van der Waals surface area contributed by atoms with Crippen molar-refractivity contribution in [2.45, 2.75) is 70.1 Å². The number of rotatable bonds is 5. The molecule has 0 bridgehead atoms. The van der Waals surface area contributed by atoms with Crippen LogP contribution in [0.1, 0.15) is 62.5 Å². The first-order valence-corrected chi connectivity index (χ1v) is 15.1. The van der Waals surface area contributed by atoms with Gasteiger partial charge in [-0.2, -0.15) is 0 Å². The summed E-state index contributed by atoms with van der Waals surface area (Å²) in [6, 6.07) is 15.9. The van der Waals surface area contributed by atoms with E-state index in [-0.39, 0.29) is 29.3 Å². The van der Waals surface area contributed by atoms with Crippen LogP contribution in [0.4, 0.5) is 5.69 Å². The van der Waals surface area contributed by atoms with Gasteiger partial charge in [-0.1, -0.05) is 61.9 Å². The third-order valence-corrected chi connectivity index (χ3v) is 11.4. The molecule has 7 rings (SSSR count). The predicted molar refractivity (Wildman–Crippen MR) is 157 cm³/mol. The van der Waals surface area contributed by atoms with E-state index < -0.39 is 41.5 Å². The Morgan fingerprint density at radius 2 is 1.90 bits per heavy atom. The Labute approximate surface area is 246 Å². The van der Waals surface area contributed by atoms with Crippen molar-refractivity contribution in [1.82, 2.24) is 0 Å². The largest absolute Gasteiger partial charge is 0.399 e. The summed E-state index contributed by atoms with van der Waals surface area (Å²) in [6.07, 6.45) is 6.73. The van der Waals surface area contributed by atoms with Crippen LogP contribution in [0, 0.1) is 28.6 Å². The average Bonchev–Trinajstić information content (AvgIpc) is 3.46. The Bertz CT molecular complexity index is 1500. The molecular formula is C35H39NO6. The maximum atomic E-state index is 13.7. The Kier molecular flexibility index (Phi) is 6.41. The quantitative estimate of drug-likeness (QED) is 0.455. The molecule has 2 aromatic rings. The number of benzene rings is 2. The van der Waals surface area contributed by atoms with Gasteiger partial charge in [-0.15, -0.1) is 0 Å². The lowest BCUT2D eigenvalue weighted by Gasteiger charge is -2.59. The third-order valence-electron chi connectivity index (χ3n) is 11.4. The number of hydrogen-bond donors (Lipinski definition) is 3. The van der Waals surface area contributed by atoms with Crippen molar-refractivity contribution in [3.8, 4) is 0 Å². The number of aliphatic hydroxyl groups is 2. The van der Waals surface area contributed by atoms with E-state index >= 15 is 0 Å². The van der Waals surface area contributed by atoms with Crippen molar-refractivity contribution < 1.29 is 29.3 Å². The summed E-state index contributed by atoms with van der Waals surface area (Å²) in [5.41, 5.74) is 8.36. The van der Waals surface area contributed by atoms with E-state index in [2.05, 4.69) is 13.8 Å². The summed E-state index contributed by atoms with van der Waals surface area (Å²) in [6.45, 7) is 3.54. The number of Topliss-reactive ketones (excluding diaryl/α,β-unsaturated/α-hetero) is 1. The van der Waals surface area contributed by atoms with E-state index in [0.717, 1.165) is 47.2 Å². The van der Waals surface area contributed by atoms with E-state index in [1.807, 2.05) is 54.6 Å². The molecule has 5 aliphatic rings. The molecule has 1 aliphatic heterocycles. The number of ketones is 2. The summed E-state index contributed by atoms with van der Waals surface area (Å²) >= 11 is 0. The summed E-state index contributed by atoms with van der Waals surface area (Å²) in [5.74, 6) is -0.246. The van der Waals surface area contributed by atoms with Gasteiger partial charge in [-0.25, -0.2) is 0 Å². The number of allylic oxidation sites excluding steroid dienone is 4. The predicted octanol–water partition coefficient (Wildman–Crippen LogP) is 4.46. The topological polar surface area (TPSA) is 119 Å². The zero-order valence-electron chi connectivity index (χ0n) is 24.2. The fourth-order valence-corrected chi connectivity index (χ4v) is 9.57. The molecule has 220 valence electrons. The number of carbonyl (C=O) groups excluding carboxylic acids is 2. The Morgan fingerprint density at radius 3 is 2.64 bits per heavy atom. The van der Waals surface area contributed by atoms with Crippen molar-refractivity contribution in [3.05, 3.63) is 89.0 Å². The van der Waals surface area contributed by atoms with Crippen molar-refractivity contribution >= 4 is 17.3 Å². The molecular weight excluding hydrogens is 530 g/mol.